The van der Waals surface area contributed by atoms with Crippen LogP contribution in [0, 0.1) is 0 Å². The fourth-order valence-corrected chi connectivity index (χ4v) is 1.66. The van der Waals surface area contributed by atoms with Gasteiger partial charge in [0.1, 0.15) is 11.3 Å². The number of hydrogen-bond donors (Lipinski definition) is 1. The largest absolute Gasteiger partial charge is 0.493 e. The van der Waals surface area contributed by atoms with Crippen molar-refractivity contribution in [2.75, 3.05) is 40.0 Å². The number of nitrogens with zero attached hydrogens (tertiary/aromatic N) is 2. The molecule has 0 spiro atoms. The van der Waals surface area contributed by atoms with Crippen LogP contribution in [-0.4, -0.2) is 55.9 Å². The summed E-state index contributed by atoms with van der Waals surface area (Å²) < 4.78 is 5.42. The third-order valence-corrected chi connectivity index (χ3v) is 2.79. The molecule has 0 aliphatic carbocycles. The van der Waals surface area contributed by atoms with Gasteiger partial charge in [-0.3, -0.25) is 9.59 Å². The molecule has 0 saturated heterocycles. The van der Waals surface area contributed by atoms with Crippen molar-refractivity contribution >= 4 is 17.5 Å². The molecule has 0 aliphatic rings. The number of carbonyl (C=O) groups excluding carboxylic acids is 2. The van der Waals surface area contributed by atoms with Gasteiger partial charge in [-0.2, -0.15) is 0 Å². The molecule has 0 aliphatic heterocycles. The lowest BCUT2D eigenvalue weighted by Crippen LogP contribution is -2.38. The van der Waals surface area contributed by atoms with E-state index in [2.05, 4.69) is 0 Å². The first kappa shape index (κ1) is 15.8. The zero-order valence-electron chi connectivity index (χ0n) is 12.3. The van der Waals surface area contributed by atoms with Crippen LogP contribution < -0.4 is 10.5 Å². The molecule has 20 heavy (non-hydrogen) atoms. The second-order valence-corrected chi connectivity index (χ2v) is 4.60. The van der Waals surface area contributed by atoms with Crippen LogP contribution in [0.2, 0.25) is 0 Å². The number of carbonyl (C=O) groups is 2. The Morgan fingerprint density at radius 3 is 2.45 bits per heavy atom. The SMILES string of the molecule is CCOc1cccc(N)c1C(=O)N(C)CC(=O)N(C)C. The zero-order chi connectivity index (χ0) is 15.3. The first-order valence-electron chi connectivity index (χ1n) is 6.35. The number of benzene rings is 1. The van der Waals surface area contributed by atoms with E-state index < -0.39 is 0 Å². The van der Waals surface area contributed by atoms with Crippen molar-refractivity contribution in [1.29, 1.82) is 0 Å². The normalized spacial score (nSPS) is 10.0. The molecule has 0 heterocycles. The molecule has 0 atom stereocenters. The number of nitrogen functional groups attached to an aromatic ring is 1. The lowest BCUT2D eigenvalue weighted by molar-refractivity contribution is -0.129. The molecule has 1 aromatic carbocycles. The van der Waals surface area contributed by atoms with E-state index in [0.29, 0.717) is 23.6 Å². The van der Waals surface area contributed by atoms with Crippen molar-refractivity contribution in [1.82, 2.24) is 9.80 Å². The van der Waals surface area contributed by atoms with Crippen LogP contribution in [0.15, 0.2) is 18.2 Å². The highest BCUT2D eigenvalue weighted by Crippen LogP contribution is 2.25. The number of rotatable bonds is 5. The highest BCUT2D eigenvalue weighted by atomic mass is 16.5. The van der Waals surface area contributed by atoms with Gasteiger partial charge in [-0.25, -0.2) is 0 Å². The molecule has 1 aromatic rings. The Morgan fingerprint density at radius 2 is 1.90 bits per heavy atom. The molecule has 0 fully saturated rings. The number of ether oxygens (including phenoxy) is 1. The van der Waals surface area contributed by atoms with Crippen LogP contribution in [-0.2, 0) is 4.79 Å². The Bertz CT molecular complexity index is 500. The monoisotopic (exact) mass is 279 g/mol. The van der Waals surface area contributed by atoms with Gasteiger partial charge in [-0.05, 0) is 19.1 Å². The van der Waals surface area contributed by atoms with E-state index in [4.69, 9.17) is 10.5 Å². The number of anilines is 1. The molecule has 1 rings (SSSR count). The summed E-state index contributed by atoms with van der Waals surface area (Å²) in [6, 6.07) is 5.05. The first-order valence-corrected chi connectivity index (χ1v) is 6.35. The minimum absolute atomic E-state index is 0.00820. The number of likely N-dealkylation sites (N-methyl/N-ethyl adjacent to an activating group) is 2. The molecule has 6 heteroatoms. The summed E-state index contributed by atoms with van der Waals surface area (Å²) >= 11 is 0. The van der Waals surface area contributed by atoms with Crippen molar-refractivity contribution in [3.63, 3.8) is 0 Å². The van der Waals surface area contributed by atoms with Crippen LogP contribution in [0.1, 0.15) is 17.3 Å². The lowest BCUT2D eigenvalue weighted by atomic mass is 10.1. The third-order valence-electron chi connectivity index (χ3n) is 2.79. The van der Waals surface area contributed by atoms with Gasteiger partial charge in [0.25, 0.3) is 5.91 Å². The van der Waals surface area contributed by atoms with Crippen LogP contribution >= 0.6 is 0 Å². The van der Waals surface area contributed by atoms with Gasteiger partial charge < -0.3 is 20.3 Å². The van der Waals surface area contributed by atoms with Gasteiger partial charge in [0.05, 0.1) is 13.2 Å². The van der Waals surface area contributed by atoms with E-state index in [1.807, 2.05) is 6.92 Å². The minimum Gasteiger partial charge on any atom is -0.493 e. The average molecular weight is 279 g/mol. The van der Waals surface area contributed by atoms with Crippen LogP contribution in [0.5, 0.6) is 5.75 Å². The molecule has 6 nitrogen and oxygen atoms in total. The smallest absolute Gasteiger partial charge is 0.259 e. The Kier molecular flexibility index (Phi) is 5.37. The summed E-state index contributed by atoms with van der Waals surface area (Å²) in [7, 11) is 4.85. The van der Waals surface area contributed by atoms with Gasteiger partial charge >= 0.3 is 0 Å². The molecule has 0 saturated carbocycles. The Morgan fingerprint density at radius 1 is 1.25 bits per heavy atom. The van der Waals surface area contributed by atoms with Crippen molar-refractivity contribution < 1.29 is 14.3 Å². The van der Waals surface area contributed by atoms with E-state index in [1.165, 1.54) is 9.80 Å². The predicted octanol–water partition coefficient (Wildman–Crippen LogP) is 0.828. The summed E-state index contributed by atoms with van der Waals surface area (Å²) in [5.41, 5.74) is 6.49. The van der Waals surface area contributed by atoms with Crippen molar-refractivity contribution in [3.05, 3.63) is 23.8 Å². The van der Waals surface area contributed by atoms with Gasteiger partial charge in [0.15, 0.2) is 0 Å². The standard InChI is InChI=1S/C14H21N3O3/c1-5-20-11-8-6-7-10(15)13(11)14(19)17(4)9-12(18)16(2)3/h6-8H,5,9,15H2,1-4H3. The molecule has 0 aromatic heterocycles. The van der Waals surface area contributed by atoms with Crippen molar-refractivity contribution in [3.8, 4) is 5.75 Å². The third kappa shape index (κ3) is 3.63. The van der Waals surface area contributed by atoms with E-state index in [9.17, 15) is 9.59 Å². The van der Waals surface area contributed by atoms with Crippen LogP contribution in [0.25, 0.3) is 0 Å². The second-order valence-electron chi connectivity index (χ2n) is 4.60. The van der Waals surface area contributed by atoms with Gasteiger partial charge in [0.2, 0.25) is 5.91 Å². The molecule has 0 radical (unpaired) electrons. The zero-order valence-corrected chi connectivity index (χ0v) is 12.3. The van der Waals surface area contributed by atoms with E-state index in [1.54, 1.807) is 39.3 Å². The number of nitrogens with two attached hydrogens (primary N) is 1. The first-order chi connectivity index (χ1) is 9.38. The maximum atomic E-state index is 12.4. The predicted molar refractivity (Wildman–Crippen MR) is 77.7 cm³/mol. The average Bonchev–Trinajstić information content (AvgIpc) is 2.38. The van der Waals surface area contributed by atoms with Crippen LogP contribution in [0.4, 0.5) is 5.69 Å². The quantitative estimate of drug-likeness (QED) is 0.810. The Balaban J connectivity index is 2.99. The molecule has 110 valence electrons. The van der Waals surface area contributed by atoms with Crippen molar-refractivity contribution in [2.24, 2.45) is 0 Å². The van der Waals surface area contributed by atoms with Gasteiger partial charge in [-0.1, -0.05) is 6.07 Å². The van der Waals surface area contributed by atoms with Crippen LogP contribution in [0.3, 0.4) is 0 Å². The second kappa shape index (κ2) is 6.79. The molecule has 2 N–H and O–H groups in total. The molecular weight excluding hydrogens is 258 g/mol. The maximum Gasteiger partial charge on any atom is 0.259 e. The van der Waals surface area contributed by atoms with Gasteiger partial charge in [0, 0.05) is 26.8 Å². The molecule has 0 unspecified atom stereocenters. The molecular formula is C14H21N3O3. The van der Waals surface area contributed by atoms with E-state index >= 15 is 0 Å². The number of amides is 2. The van der Waals surface area contributed by atoms with E-state index in [0.717, 1.165) is 0 Å². The van der Waals surface area contributed by atoms with E-state index in [-0.39, 0.29) is 18.4 Å². The highest BCUT2D eigenvalue weighted by molar-refractivity contribution is 6.03. The maximum absolute atomic E-state index is 12.4. The molecule has 0 bridgehead atoms. The Labute approximate surface area is 119 Å². The highest BCUT2D eigenvalue weighted by Gasteiger charge is 2.21. The summed E-state index contributed by atoms with van der Waals surface area (Å²) in [6.45, 7) is 2.26. The number of hydrogen-bond acceptors (Lipinski definition) is 4. The minimum atomic E-state index is -0.332. The Hall–Kier alpha value is -2.24. The summed E-state index contributed by atoms with van der Waals surface area (Å²) in [4.78, 5) is 26.8. The fraction of sp³-hybridized carbons (Fsp3) is 0.429. The molecule has 2 amide bonds. The summed E-state index contributed by atoms with van der Waals surface area (Å²) in [6.07, 6.45) is 0. The fourth-order valence-electron chi connectivity index (χ4n) is 1.66. The summed E-state index contributed by atoms with van der Waals surface area (Å²) in [5, 5.41) is 0. The van der Waals surface area contributed by atoms with Crippen molar-refractivity contribution in [2.45, 2.75) is 6.92 Å². The topological polar surface area (TPSA) is 75.9 Å². The lowest BCUT2D eigenvalue weighted by Gasteiger charge is -2.21. The summed E-state index contributed by atoms with van der Waals surface area (Å²) in [5.74, 6) is -0.0586. The van der Waals surface area contributed by atoms with Gasteiger partial charge in [-0.15, -0.1) is 0 Å².